The summed E-state index contributed by atoms with van der Waals surface area (Å²) in [4.78, 5) is 13.6. The molecule has 8 heteroatoms. The second-order valence-corrected chi connectivity index (χ2v) is 5.92. The fourth-order valence-corrected chi connectivity index (χ4v) is 2.61. The number of likely N-dealkylation sites (N-methyl/N-ethyl adjacent to an activating group) is 1. The van der Waals surface area contributed by atoms with Gasteiger partial charge in [0.1, 0.15) is 0 Å². The number of amides is 2. The number of alkyl halides is 3. The number of nitrogens with zero attached hydrogens (tertiary/aromatic N) is 3. The maximum absolute atomic E-state index is 13.0. The van der Waals surface area contributed by atoms with E-state index in [0.717, 1.165) is 23.0 Å². The van der Waals surface area contributed by atoms with Gasteiger partial charge in [0.2, 0.25) is 0 Å². The van der Waals surface area contributed by atoms with Crippen LogP contribution in [-0.4, -0.2) is 34.3 Å². The van der Waals surface area contributed by atoms with Gasteiger partial charge in [0, 0.05) is 26.3 Å². The highest BCUT2D eigenvalue weighted by Gasteiger charge is 2.33. The molecule has 5 nitrogen and oxygen atoms in total. The first-order valence-electron chi connectivity index (χ1n) is 7.78. The number of anilines is 1. The molecule has 0 aliphatic carbocycles. The standard InChI is InChI=1S/C17H21F3N4O/c1-11-13(12(2)24(4)22-11)9-10-23(3)16(25)21-15-8-6-5-7-14(15)17(18,19)20/h5-8H,9-10H2,1-4H3,(H,21,25). The molecule has 0 unspecified atom stereocenters. The molecule has 0 spiro atoms. The summed E-state index contributed by atoms with van der Waals surface area (Å²) in [5.74, 6) is 0. The molecule has 0 bridgehead atoms. The molecule has 0 fully saturated rings. The second kappa shape index (κ2) is 7.16. The minimum atomic E-state index is -4.52. The molecule has 0 saturated carbocycles. The van der Waals surface area contributed by atoms with Crippen molar-refractivity contribution in [2.45, 2.75) is 26.4 Å². The van der Waals surface area contributed by atoms with E-state index in [2.05, 4.69) is 10.4 Å². The number of halogens is 3. The predicted octanol–water partition coefficient (Wildman–Crippen LogP) is 3.76. The van der Waals surface area contributed by atoms with E-state index >= 15 is 0 Å². The number of carbonyl (C=O) groups is 1. The van der Waals surface area contributed by atoms with E-state index in [-0.39, 0.29) is 5.69 Å². The number of hydrogen-bond donors (Lipinski definition) is 1. The average Bonchev–Trinajstić information content (AvgIpc) is 2.77. The van der Waals surface area contributed by atoms with Crippen LogP contribution in [0.15, 0.2) is 24.3 Å². The minimum Gasteiger partial charge on any atom is -0.327 e. The van der Waals surface area contributed by atoms with Gasteiger partial charge in [-0.15, -0.1) is 0 Å². The molecule has 1 aromatic heterocycles. The SMILES string of the molecule is Cc1nn(C)c(C)c1CCN(C)C(=O)Nc1ccccc1C(F)(F)F. The summed E-state index contributed by atoms with van der Waals surface area (Å²) in [7, 11) is 3.39. The highest BCUT2D eigenvalue weighted by molar-refractivity contribution is 5.90. The van der Waals surface area contributed by atoms with E-state index in [1.54, 1.807) is 11.7 Å². The van der Waals surface area contributed by atoms with Crippen LogP contribution >= 0.6 is 0 Å². The summed E-state index contributed by atoms with van der Waals surface area (Å²) in [6, 6.07) is 4.33. The summed E-state index contributed by atoms with van der Waals surface area (Å²) in [6.07, 6.45) is -3.94. The van der Waals surface area contributed by atoms with Gasteiger partial charge in [0.15, 0.2) is 0 Å². The molecule has 0 saturated heterocycles. The van der Waals surface area contributed by atoms with Crippen molar-refractivity contribution >= 4 is 11.7 Å². The van der Waals surface area contributed by atoms with E-state index in [9.17, 15) is 18.0 Å². The number of aromatic nitrogens is 2. The zero-order valence-electron chi connectivity index (χ0n) is 14.6. The molecule has 136 valence electrons. The average molecular weight is 354 g/mol. The number of urea groups is 1. The fraction of sp³-hybridized carbons (Fsp3) is 0.412. The molecule has 2 rings (SSSR count). The molecule has 0 radical (unpaired) electrons. The molecule has 2 amide bonds. The van der Waals surface area contributed by atoms with Crippen molar-refractivity contribution in [1.29, 1.82) is 0 Å². The number of hydrogen-bond acceptors (Lipinski definition) is 2. The van der Waals surface area contributed by atoms with Crippen molar-refractivity contribution in [3.05, 3.63) is 46.8 Å². The van der Waals surface area contributed by atoms with Gasteiger partial charge in [0.25, 0.3) is 0 Å². The van der Waals surface area contributed by atoms with E-state index in [4.69, 9.17) is 0 Å². The first-order valence-corrected chi connectivity index (χ1v) is 7.78. The zero-order valence-corrected chi connectivity index (χ0v) is 14.6. The second-order valence-electron chi connectivity index (χ2n) is 5.92. The van der Waals surface area contributed by atoms with Crippen LogP contribution in [0.25, 0.3) is 0 Å². The van der Waals surface area contributed by atoms with Crippen LogP contribution in [0.2, 0.25) is 0 Å². The molecule has 1 heterocycles. The number of para-hydroxylation sites is 1. The summed E-state index contributed by atoms with van der Waals surface area (Å²) in [5.41, 5.74) is 1.82. The Labute approximate surface area is 144 Å². The van der Waals surface area contributed by atoms with Gasteiger partial charge in [-0.2, -0.15) is 18.3 Å². The van der Waals surface area contributed by atoms with Gasteiger partial charge in [-0.25, -0.2) is 4.79 Å². The number of benzene rings is 1. The lowest BCUT2D eigenvalue weighted by atomic mass is 10.1. The molecule has 0 atom stereocenters. The molecule has 0 aliphatic heterocycles. The zero-order chi connectivity index (χ0) is 18.8. The normalized spacial score (nSPS) is 11.5. The third kappa shape index (κ3) is 4.32. The van der Waals surface area contributed by atoms with Gasteiger partial charge in [0.05, 0.1) is 16.9 Å². The van der Waals surface area contributed by atoms with Crippen LogP contribution < -0.4 is 5.32 Å². The van der Waals surface area contributed by atoms with Gasteiger partial charge >= 0.3 is 12.2 Å². The van der Waals surface area contributed by atoms with Gasteiger partial charge in [-0.3, -0.25) is 4.68 Å². The van der Waals surface area contributed by atoms with Crippen molar-refractivity contribution in [3.8, 4) is 0 Å². The summed E-state index contributed by atoms with van der Waals surface area (Å²) < 4.78 is 40.7. The maximum Gasteiger partial charge on any atom is 0.418 e. The van der Waals surface area contributed by atoms with Crippen molar-refractivity contribution < 1.29 is 18.0 Å². The maximum atomic E-state index is 13.0. The van der Waals surface area contributed by atoms with Gasteiger partial charge in [-0.05, 0) is 38.0 Å². The molecule has 1 aromatic carbocycles. The predicted molar refractivity (Wildman–Crippen MR) is 89.5 cm³/mol. The Morgan fingerprint density at radius 3 is 2.48 bits per heavy atom. The summed E-state index contributed by atoms with van der Waals surface area (Å²) in [5, 5.41) is 6.65. The number of carbonyl (C=O) groups excluding carboxylic acids is 1. The molecule has 2 aromatic rings. The topological polar surface area (TPSA) is 50.2 Å². The van der Waals surface area contributed by atoms with Crippen LogP contribution in [0.1, 0.15) is 22.5 Å². The Bertz CT molecular complexity index is 768. The van der Waals surface area contributed by atoms with Crippen LogP contribution in [-0.2, 0) is 19.6 Å². The largest absolute Gasteiger partial charge is 0.418 e. The highest BCUT2D eigenvalue weighted by Crippen LogP contribution is 2.34. The highest BCUT2D eigenvalue weighted by atomic mass is 19.4. The molecule has 25 heavy (non-hydrogen) atoms. The number of nitrogens with one attached hydrogen (secondary N) is 1. The first kappa shape index (κ1) is 18.8. The van der Waals surface area contributed by atoms with Crippen molar-refractivity contribution in [2.75, 3.05) is 18.9 Å². The molecule has 1 N–H and O–H groups in total. The Kier molecular flexibility index (Phi) is 5.39. The van der Waals surface area contributed by atoms with Crippen molar-refractivity contribution in [3.63, 3.8) is 0 Å². The van der Waals surface area contributed by atoms with Crippen LogP contribution in [0.5, 0.6) is 0 Å². The lowest BCUT2D eigenvalue weighted by molar-refractivity contribution is -0.136. The Morgan fingerprint density at radius 2 is 1.92 bits per heavy atom. The fourth-order valence-electron chi connectivity index (χ4n) is 2.61. The lowest BCUT2D eigenvalue weighted by Crippen LogP contribution is -2.33. The summed E-state index contributed by atoms with van der Waals surface area (Å²) in [6.45, 7) is 4.20. The van der Waals surface area contributed by atoms with E-state index in [0.29, 0.717) is 13.0 Å². The minimum absolute atomic E-state index is 0.249. The first-order chi connectivity index (χ1) is 11.6. The lowest BCUT2D eigenvalue weighted by Gasteiger charge is -2.20. The van der Waals surface area contributed by atoms with Crippen LogP contribution in [0, 0.1) is 13.8 Å². The van der Waals surface area contributed by atoms with E-state index < -0.39 is 17.8 Å². The summed E-state index contributed by atoms with van der Waals surface area (Å²) >= 11 is 0. The van der Waals surface area contributed by atoms with Gasteiger partial charge < -0.3 is 10.2 Å². The van der Waals surface area contributed by atoms with Crippen molar-refractivity contribution in [1.82, 2.24) is 14.7 Å². The Balaban J connectivity index is 2.04. The smallest absolute Gasteiger partial charge is 0.327 e. The van der Waals surface area contributed by atoms with E-state index in [1.165, 1.54) is 23.1 Å². The Morgan fingerprint density at radius 1 is 1.28 bits per heavy atom. The van der Waals surface area contributed by atoms with Crippen molar-refractivity contribution in [2.24, 2.45) is 7.05 Å². The Hall–Kier alpha value is -2.51. The third-order valence-electron chi connectivity index (χ3n) is 4.18. The van der Waals surface area contributed by atoms with Crippen LogP contribution in [0.4, 0.5) is 23.7 Å². The van der Waals surface area contributed by atoms with Gasteiger partial charge in [-0.1, -0.05) is 12.1 Å². The monoisotopic (exact) mass is 354 g/mol. The quantitative estimate of drug-likeness (QED) is 0.909. The van der Waals surface area contributed by atoms with E-state index in [1.807, 2.05) is 20.9 Å². The third-order valence-corrected chi connectivity index (χ3v) is 4.18. The molecular weight excluding hydrogens is 333 g/mol. The number of rotatable bonds is 4. The molecule has 0 aliphatic rings. The van der Waals surface area contributed by atoms with Crippen LogP contribution in [0.3, 0.4) is 0 Å². The molecular formula is C17H21F3N4O. The number of aryl methyl sites for hydroxylation is 2.